The van der Waals surface area contributed by atoms with E-state index < -0.39 is 28.9 Å². The number of rotatable bonds is 5. The van der Waals surface area contributed by atoms with Gasteiger partial charge < -0.3 is 10.6 Å². The molecule has 7 heteroatoms. The molecule has 1 saturated heterocycles. The first-order chi connectivity index (χ1) is 11.6. The molecule has 1 atom stereocenters. The molecule has 132 valence electrons. The van der Waals surface area contributed by atoms with Crippen molar-refractivity contribution in [1.82, 2.24) is 15.5 Å². The molecule has 0 aliphatic carbocycles. The predicted molar refractivity (Wildman–Crippen MR) is 91.3 cm³/mol. The number of urea groups is 1. The Morgan fingerprint density at radius 1 is 1.40 bits per heavy atom. The summed E-state index contributed by atoms with van der Waals surface area (Å²) in [6.07, 6.45) is 0.720. The summed E-state index contributed by atoms with van der Waals surface area (Å²) in [6, 6.07) is 7.88. The van der Waals surface area contributed by atoms with E-state index in [4.69, 9.17) is 5.26 Å². The first-order valence-corrected chi connectivity index (χ1v) is 8.09. The van der Waals surface area contributed by atoms with Crippen LogP contribution in [-0.2, 0) is 15.1 Å². The molecule has 1 heterocycles. The van der Waals surface area contributed by atoms with Crippen molar-refractivity contribution >= 4 is 17.8 Å². The summed E-state index contributed by atoms with van der Waals surface area (Å²) in [4.78, 5) is 38.1. The molecule has 7 nitrogen and oxygen atoms in total. The Bertz CT molecular complexity index is 766. The van der Waals surface area contributed by atoms with Gasteiger partial charge in [0.05, 0.1) is 11.6 Å². The lowest BCUT2D eigenvalue weighted by Gasteiger charge is -2.26. The molecular formula is C18H22N4O3. The van der Waals surface area contributed by atoms with Gasteiger partial charge in [0.15, 0.2) is 0 Å². The third kappa shape index (κ3) is 3.63. The Labute approximate surface area is 147 Å². The molecule has 0 spiro atoms. The van der Waals surface area contributed by atoms with Crippen molar-refractivity contribution in [2.75, 3.05) is 6.54 Å². The Kier molecular flexibility index (Phi) is 4.84. The minimum atomic E-state index is -1.30. The fraction of sp³-hybridized carbons (Fsp3) is 0.444. The van der Waals surface area contributed by atoms with Crippen LogP contribution in [-0.4, -0.2) is 34.8 Å². The average Bonchev–Trinajstić information content (AvgIpc) is 2.79. The van der Waals surface area contributed by atoms with E-state index in [0.29, 0.717) is 11.1 Å². The summed E-state index contributed by atoms with van der Waals surface area (Å²) >= 11 is 0. The average molecular weight is 342 g/mol. The zero-order chi connectivity index (χ0) is 18.8. The molecular weight excluding hydrogens is 320 g/mol. The van der Waals surface area contributed by atoms with Crippen LogP contribution in [0.4, 0.5) is 4.79 Å². The largest absolute Gasteiger partial charge is 0.350 e. The molecule has 0 saturated carbocycles. The highest BCUT2D eigenvalue weighted by atomic mass is 16.2. The van der Waals surface area contributed by atoms with Gasteiger partial charge >= 0.3 is 6.03 Å². The maximum atomic E-state index is 12.8. The fourth-order valence-corrected chi connectivity index (χ4v) is 2.58. The Morgan fingerprint density at radius 2 is 2.08 bits per heavy atom. The van der Waals surface area contributed by atoms with Crippen LogP contribution in [0.5, 0.6) is 0 Å². The highest BCUT2D eigenvalue weighted by Gasteiger charge is 2.49. The van der Waals surface area contributed by atoms with Crippen LogP contribution < -0.4 is 10.6 Å². The molecule has 4 amide bonds. The Hall–Kier alpha value is -2.88. The number of amides is 4. The van der Waals surface area contributed by atoms with Crippen molar-refractivity contribution in [3.8, 4) is 6.07 Å². The topological polar surface area (TPSA) is 102 Å². The lowest BCUT2D eigenvalue weighted by molar-refractivity contribution is -0.135. The quantitative estimate of drug-likeness (QED) is 0.794. The molecule has 1 aromatic carbocycles. The maximum absolute atomic E-state index is 12.8. The molecule has 2 rings (SSSR count). The van der Waals surface area contributed by atoms with Gasteiger partial charge in [-0.05, 0) is 44.9 Å². The van der Waals surface area contributed by atoms with Crippen LogP contribution in [0.15, 0.2) is 24.3 Å². The van der Waals surface area contributed by atoms with Crippen molar-refractivity contribution in [2.45, 2.75) is 45.2 Å². The van der Waals surface area contributed by atoms with Crippen LogP contribution in [0.3, 0.4) is 0 Å². The van der Waals surface area contributed by atoms with Crippen molar-refractivity contribution in [3.63, 3.8) is 0 Å². The van der Waals surface area contributed by atoms with Gasteiger partial charge in [-0.25, -0.2) is 4.79 Å². The minimum Gasteiger partial charge on any atom is -0.350 e. The predicted octanol–water partition coefficient (Wildman–Crippen LogP) is 1.63. The summed E-state index contributed by atoms with van der Waals surface area (Å²) in [6.45, 7) is 6.90. The summed E-state index contributed by atoms with van der Waals surface area (Å²) in [5.41, 5.74) is -0.825. The highest BCUT2D eigenvalue weighted by Crippen LogP contribution is 2.29. The third-order valence-corrected chi connectivity index (χ3v) is 4.51. The fourth-order valence-electron chi connectivity index (χ4n) is 2.58. The van der Waals surface area contributed by atoms with E-state index in [0.717, 1.165) is 11.3 Å². The number of hydrogen-bond acceptors (Lipinski definition) is 4. The van der Waals surface area contributed by atoms with Gasteiger partial charge in [-0.15, -0.1) is 0 Å². The van der Waals surface area contributed by atoms with Gasteiger partial charge in [0.2, 0.25) is 5.91 Å². The van der Waals surface area contributed by atoms with E-state index in [1.54, 1.807) is 31.2 Å². The zero-order valence-electron chi connectivity index (χ0n) is 14.8. The van der Waals surface area contributed by atoms with Crippen molar-refractivity contribution < 1.29 is 14.4 Å². The van der Waals surface area contributed by atoms with Crippen LogP contribution in [0, 0.1) is 11.3 Å². The van der Waals surface area contributed by atoms with Gasteiger partial charge in [0.1, 0.15) is 12.1 Å². The highest BCUT2D eigenvalue weighted by molar-refractivity contribution is 6.09. The van der Waals surface area contributed by atoms with Gasteiger partial charge in [0.25, 0.3) is 5.91 Å². The standard InChI is InChI=1S/C18H22N4O3/c1-5-17(2,3)20-14(23)11-22-15(24)18(4,21-16(22)25)13-8-6-7-12(9-13)10-19/h6-9H,5,11H2,1-4H3,(H,20,23)(H,21,25)/t18-/m1/s1. The summed E-state index contributed by atoms with van der Waals surface area (Å²) in [7, 11) is 0. The SMILES string of the molecule is CCC(C)(C)NC(=O)CN1C(=O)N[C@](C)(c2cccc(C#N)c2)C1=O. The lowest BCUT2D eigenvalue weighted by Crippen LogP contribution is -2.49. The Balaban J connectivity index is 2.22. The number of carbonyl (C=O) groups is 3. The number of carbonyl (C=O) groups excluding carboxylic acids is 3. The molecule has 1 aliphatic heterocycles. The lowest BCUT2D eigenvalue weighted by atomic mass is 9.91. The van der Waals surface area contributed by atoms with Crippen LogP contribution >= 0.6 is 0 Å². The van der Waals surface area contributed by atoms with Gasteiger partial charge in [-0.1, -0.05) is 19.1 Å². The second-order valence-corrected chi connectivity index (χ2v) is 6.92. The first kappa shape index (κ1) is 18.5. The number of imide groups is 1. The molecule has 1 aromatic rings. The number of benzene rings is 1. The summed E-state index contributed by atoms with van der Waals surface area (Å²) < 4.78 is 0. The van der Waals surface area contributed by atoms with E-state index in [2.05, 4.69) is 10.6 Å². The second-order valence-electron chi connectivity index (χ2n) is 6.92. The van der Waals surface area contributed by atoms with E-state index in [1.165, 1.54) is 0 Å². The normalized spacial score (nSPS) is 20.2. The first-order valence-electron chi connectivity index (χ1n) is 8.09. The van der Waals surface area contributed by atoms with Crippen molar-refractivity contribution in [2.24, 2.45) is 0 Å². The number of nitriles is 1. The summed E-state index contributed by atoms with van der Waals surface area (Å²) in [5.74, 6) is -0.914. The Morgan fingerprint density at radius 3 is 2.68 bits per heavy atom. The third-order valence-electron chi connectivity index (χ3n) is 4.51. The maximum Gasteiger partial charge on any atom is 0.325 e. The molecule has 0 unspecified atom stereocenters. The van der Waals surface area contributed by atoms with Gasteiger partial charge in [0, 0.05) is 5.54 Å². The minimum absolute atomic E-state index is 0.346. The molecule has 1 aliphatic rings. The van der Waals surface area contributed by atoms with E-state index >= 15 is 0 Å². The van der Waals surface area contributed by atoms with Gasteiger partial charge in [-0.2, -0.15) is 5.26 Å². The number of nitrogens with zero attached hydrogens (tertiary/aromatic N) is 2. The van der Waals surface area contributed by atoms with Crippen molar-refractivity contribution in [1.29, 1.82) is 5.26 Å². The van der Waals surface area contributed by atoms with Crippen LogP contribution in [0.2, 0.25) is 0 Å². The number of hydrogen-bond donors (Lipinski definition) is 2. The molecule has 25 heavy (non-hydrogen) atoms. The van der Waals surface area contributed by atoms with Crippen molar-refractivity contribution in [3.05, 3.63) is 35.4 Å². The van der Waals surface area contributed by atoms with E-state index in [1.807, 2.05) is 26.8 Å². The van der Waals surface area contributed by atoms with E-state index in [9.17, 15) is 14.4 Å². The molecule has 0 bridgehead atoms. The monoisotopic (exact) mass is 342 g/mol. The molecule has 1 fully saturated rings. The van der Waals surface area contributed by atoms with Crippen LogP contribution in [0.1, 0.15) is 45.2 Å². The zero-order valence-corrected chi connectivity index (χ0v) is 14.8. The molecule has 0 aromatic heterocycles. The summed E-state index contributed by atoms with van der Waals surface area (Å²) in [5, 5.41) is 14.5. The molecule has 0 radical (unpaired) electrons. The smallest absolute Gasteiger partial charge is 0.325 e. The van der Waals surface area contributed by atoms with Gasteiger partial charge in [-0.3, -0.25) is 14.5 Å². The van der Waals surface area contributed by atoms with Crippen LogP contribution in [0.25, 0.3) is 0 Å². The van der Waals surface area contributed by atoms with E-state index in [-0.39, 0.29) is 6.54 Å². The molecule has 2 N–H and O–H groups in total. The second kappa shape index (κ2) is 6.55. The number of nitrogens with one attached hydrogen (secondary N) is 2.